The molecule has 0 N–H and O–H groups in total. The molecule has 0 spiro atoms. The van der Waals surface area contributed by atoms with Gasteiger partial charge in [-0.3, -0.25) is 9.59 Å². The molecular weight excluding hydrogens is 196 g/mol. The molecule has 0 amide bonds. The lowest BCUT2D eigenvalue weighted by molar-refractivity contribution is -0.169. The Bertz CT molecular complexity index is 199. The summed E-state index contributed by atoms with van der Waals surface area (Å²) < 4.78 is 9.83. The topological polar surface area (TPSA) is 52.6 Å². The van der Waals surface area contributed by atoms with Crippen molar-refractivity contribution in [2.45, 2.75) is 40.5 Å². The predicted molar refractivity (Wildman–Crippen MR) is 56.3 cm³/mol. The summed E-state index contributed by atoms with van der Waals surface area (Å²) in [7, 11) is 0. The van der Waals surface area contributed by atoms with Gasteiger partial charge >= 0.3 is 11.9 Å². The minimum atomic E-state index is -1.20. The van der Waals surface area contributed by atoms with Crippen LogP contribution in [0.3, 0.4) is 0 Å². The summed E-state index contributed by atoms with van der Waals surface area (Å²) >= 11 is 0. The first kappa shape index (κ1) is 13.9. The number of carbonyl (C=O) groups is 2. The zero-order valence-corrected chi connectivity index (χ0v) is 9.96. The quantitative estimate of drug-likeness (QED) is 0.503. The Labute approximate surface area is 90.9 Å². The summed E-state index contributed by atoms with van der Waals surface area (Å²) in [5.74, 6) is -1.05. The van der Waals surface area contributed by atoms with Crippen LogP contribution < -0.4 is 0 Å². The van der Waals surface area contributed by atoms with Gasteiger partial charge in [0.2, 0.25) is 0 Å². The molecule has 0 heterocycles. The van der Waals surface area contributed by atoms with Gasteiger partial charge in [0.15, 0.2) is 5.41 Å². The van der Waals surface area contributed by atoms with Crippen molar-refractivity contribution in [1.82, 2.24) is 0 Å². The van der Waals surface area contributed by atoms with Crippen molar-refractivity contribution in [3.05, 3.63) is 0 Å². The third-order valence-electron chi connectivity index (χ3n) is 1.90. The lowest BCUT2D eigenvalue weighted by atomic mass is 9.94. The number of hydrogen-bond donors (Lipinski definition) is 0. The summed E-state index contributed by atoms with van der Waals surface area (Å²) in [6, 6.07) is 0. The van der Waals surface area contributed by atoms with Crippen LogP contribution in [0.2, 0.25) is 0 Å². The van der Waals surface area contributed by atoms with Gasteiger partial charge in [-0.25, -0.2) is 0 Å². The highest BCUT2D eigenvalue weighted by Crippen LogP contribution is 2.19. The first-order valence-electron chi connectivity index (χ1n) is 5.31. The van der Waals surface area contributed by atoms with E-state index in [1.807, 2.05) is 13.8 Å². The Morgan fingerprint density at radius 1 is 0.933 bits per heavy atom. The van der Waals surface area contributed by atoms with E-state index in [0.717, 1.165) is 12.8 Å². The zero-order valence-electron chi connectivity index (χ0n) is 9.96. The zero-order chi connectivity index (χ0) is 11.9. The molecule has 0 radical (unpaired) electrons. The Balaban J connectivity index is 4.24. The van der Waals surface area contributed by atoms with E-state index in [-0.39, 0.29) is 0 Å². The molecule has 0 aliphatic carbocycles. The summed E-state index contributed by atoms with van der Waals surface area (Å²) in [5.41, 5.74) is -1.20. The minimum Gasteiger partial charge on any atom is -0.465 e. The lowest BCUT2D eigenvalue weighted by Gasteiger charge is -2.20. The fraction of sp³-hybridized carbons (Fsp3) is 0.818. The molecule has 0 aromatic rings. The molecule has 0 aliphatic heterocycles. The molecular formula is C11H20O4. The van der Waals surface area contributed by atoms with E-state index in [9.17, 15) is 9.59 Å². The van der Waals surface area contributed by atoms with Crippen LogP contribution in [0.15, 0.2) is 0 Å². The van der Waals surface area contributed by atoms with E-state index in [0.29, 0.717) is 13.2 Å². The van der Waals surface area contributed by atoms with Gasteiger partial charge in [-0.15, -0.1) is 0 Å². The molecule has 88 valence electrons. The van der Waals surface area contributed by atoms with Crippen LogP contribution in [-0.2, 0) is 19.1 Å². The van der Waals surface area contributed by atoms with Gasteiger partial charge in [0, 0.05) is 0 Å². The summed E-state index contributed by atoms with van der Waals surface area (Å²) in [4.78, 5) is 23.0. The second-order valence-corrected chi connectivity index (χ2v) is 3.90. The average Bonchev–Trinajstić information content (AvgIpc) is 2.21. The van der Waals surface area contributed by atoms with Crippen molar-refractivity contribution in [1.29, 1.82) is 0 Å². The number of ether oxygens (including phenoxy) is 2. The van der Waals surface area contributed by atoms with Gasteiger partial charge in [-0.1, -0.05) is 13.8 Å². The van der Waals surface area contributed by atoms with Gasteiger partial charge in [0.1, 0.15) is 0 Å². The smallest absolute Gasteiger partial charge is 0.322 e. The fourth-order valence-electron chi connectivity index (χ4n) is 0.834. The van der Waals surface area contributed by atoms with Crippen LogP contribution in [-0.4, -0.2) is 25.2 Å². The minimum absolute atomic E-state index is 0.337. The molecule has 0 unspecified atom stereocenters. The third kappa shape index (κ3) is 4.32. The van der Waals surface area contributed by atoms with E-state index < -0.39 is 17.4 Å². The second-order valence-electron chi connectivity index (χ2n) is 3.90. The molecule has 0 fully saturated rings. The maximum Gasteiger partial charge on any atom is 0.322 e. The fourth-order valence-corrected chi connectivity index (χ4v) is 0.834. The van der Waals surface area contributed by atoms with Gasteiger partial charge in [-0.05, 0) is 26.7 Å². The molecule has 4 nitrogen and oxygen atoms in total. The summed E-state index contributed by atoms with van der Waals surface area (Å²) in [6.45, 7) is 7.50. The molecule has 4 heteroatoms. The van der Waals surface area contributed by atoms with Crippen LogP contribution in [0.5, 0.6) is 0 Å². The van der Waals surface area contributed by atoms with E-state index in [4.69, 9.17) is 9.47 Å². The van der Waals surface area contributed by atoms with Crippen LogP contribution >= 0.6 is 0 Å². The van der Waals surface area contributed by atoms with E-state index in [1.54, 1.807) is 0 Å². The highest BCUT2D eigenvalue weighted by Gasteiger charge is 2.39. The number of rotatable bonds is 6. The number of carbonyl (C=O) groups excluding carboxylic acids is 2. The van der Waals surface area contributed by atoms with Crippen LogP contribution in [0.25, 0.3) is 0 Å². The van der Waals surface area contributed by atoms with Gasteiger partial charge in [-0.2, -0.15) is 0 Å². The second kappa shape index (κ2) is 6.43. The third-order valence-corrected chi connectivity index (χ3v) is 1.90. The Hall–Kier alpha value is -1.06. The molecule has 15 heavy (non-hydrogen) atoms. The van der Waals surface area contributed by atoms with Crippen LogP contribution in [0.4, 0.5) is 0 Å². The molecule has 0 saturated carbocycles. The van der Waals surface area contributed by atoms with Crippen molar-refractivity contribution in [2.75, 3.05) is 13.2 Å². The van der Waals surface area contributed by atoms with E-state index in [1.165, 1.54) is 13.8 Å². The van der Waals surface area contributed by atoms with Crippen molar-refractivity contribution in [3.8, 4) is 0 Å². The van der Waals surface area contributed by atoms with Crippen molar-refractivity contribution in [2.24, 2.45) is 5.41 Å². The molecule has 0 aromatic heterocycles. The average molecular weight is 216 g/mol. The highest BCUT2D eigenvalue weighted by atomic mass is 16.6. The molecule has 0 atom stereocenters. The normalized spacial score (nSPS) is 10.9. The van der Waals surface area contributed by atoms with Crippen LogP contribution in [0, 0.1) is 5.41 Å². The molecule has 0 saturated heterocycles. The maximum absolute atomic E-state index is 11.5. The largest absolute Gasteiger partial charge is 0.465 e. The SMILES string of the molecule is CCCOC(=O)C(C)(C)C(=O)OCCC. The number of esters is 2. The van der Waals surface area contributed by atoms with Crippen molar-refractivity contribution < 1.29 is 19.1 Å². The molecule has 0 rings (SSSR count). The standard InChI is InChI=1S/C11H20O4/c1-5-7-14-9(12)11(3,4)10(13)15-8-6-2/h5-8H2,1-4H3. The van der Waals surface area contributed by atoms with E-state index in [2.05, 4.69) is 0 Å². The molecule has 0 aromatic carbocycles. The maximum atomic E-state index is 11.5. The Morgan fingerprint density at radius 3 is 1.53 bits per heavy atom. The van der Waals surface area contributed by atoms with Gasteiger partial charge in [0.25, 0.3) is 0 Å². The molecule has 0 bridgehead atoms. The first-order chi connectivity index (χ1) is 6.96. The number of hydrogen-bond acceptors (Lipinski definition) is 4. The highest BCUT2D eigenvalue weighted by molar-refractivity contribution is 5.99. The summed E-state index contributed by atoms with van der Waals surface area (Å²) in [6.07, 6.45) is 1.48. The van der Waals surface area contributed by atoms with Crippen LogP contribution in [0.1, 0.15) is 40.5 Å². The van der Waals surface area contributed by atoms with Gasteiger partial charge in [0.05, 0.1) is 13.2 Å². The van der Waals surface area contributed by atoms with Crippen molar-refractivity contribution >= 4 is 11.9 Å². The summed E-state index contributed by atoms with van der Waals surface area (Å²) in [5, 5.41) is 0. The van der Waals surface area contributed by atoms with E-state index >= 15 is 0 Å². The van der Waals surface area contributed by atoms with Gasteiger partial charge < -0.3 is 9.47 Å². The monoisotopic (exact) mass is 216 g/mol. The Morgan fingerprint density at radius 2 is 1.27 bits per heavy atom. The first-order valence-corrected chi connectivity index (χ1v) is 5.31. The predicted octanol–water partition coefficient (Wildman–Crippen LogP) is 1.92. The molecule has 0 aliphatic rings. The lowest BCUT2D eigenvalue weighted by Crippen LogP contribution is -2.36. The Kier molecular flexibility index (Phi) is 5.97. The van der Waals surface area contributed by atoms with Crippen molar-refractivity contribution in [3.63, 3.8) is 0 Å².